The molecule has 1 amide bonds. The van der Waals surface area contributed by atoms with Crippen molar-refractivity contribution < 1.29 is 19.2 Å². The van der Waals surface area contributed by atoms with Gasteiger partial charge in [-0.1, -0.05) is 17.7 Å². The summed E-state index contributed by atoms with van der Waals surface area (Å²) in [5.74, 6) is -1.10. The molecule has 2 aromatic rings. The Hall–Kier alpha value is -3.22. The number of benzene rings is 2. The third-order valence-electron chi connectivity index (χ3n) is 4.40. The van der Waals surface area contributed by atoms with Gasteiger partial charge in [-0.05, 0) is 37.5 Å². The third-order valence-corrected chi connectivity index (χ3v) is 4.40. The Kier molecular flexibility index (Phi) is 4.71. The van der Waals surface area contributed by atoms with Gasteiger partial charge in [0, 0.05) is 29.9 Å². The van der Waals surface area contributed by atoms with Gasteiger partial charge in [-0.15, -0.1) is 0 Å². The highest BCUT2D eigenvalue weighted by Crippen LogP contribution is 2.30. The van der Waals surface area contributed by atoms with E-state index in [0.29, 0.717) is 6.54 Å². The van der Waals surface area contributed by atoms with Gasteiger partial charge >= 0.3 is 5.97 Å². The van der Waals surface area contributed by atoms with Crippen molar-refractivity contribution in [3.05, 3.63) is 68.8 Å². The number of ether oxygens (including phenoxy) is 1. The number of esters is 1. The number of hydrogen-bond acceptors (Lipinski definition) is 5. The molecule has 26 heavy (non-hydrogen) atoms. The number of nitro benzene ring substituents is 1. The van der Waals surface area contributed by atoms with E-state index in [-0.39, 0.29) is 22.7 Å². The summed E-state index contributed by atoms with van der Waals surface area (Å²) in [6.07, 6.45) is 1.68. The van der Waals surface area contributed by atoms with Crippen LogP contribution in [0.3, 0.4) is 0 Å². The SMILES string of the molecule is COC(=O)c1cc(C(=O)N2CCCc3cc(C)ccc32)cc([N+](=O)[O-])c1. The van der Waals surface area contributed by atoms with Crippen molar-refractivity contribution in [2.75, 3.05) is 18.6 Å². The minimum atomic E-state index is -0.725. The second-order valence-corrected chi connectivity index (χ2v) is 6.21. The molecule has 0 unspecified atom stereocenters. The summed E-state index contributed by atoms with van der Waals surface area (Å²) in [7, 11) is 1.19. The summed E-state index contributed by atoms with van der Waals surface area (Å²) in [5.41, 5.74) is 2.74. The predicted molar refractivity (Wildman–Crippen MR) is 95.6 cm³/mol. The molecule has 0 saturated heterocycles. The zero-order valence-electron chi connectivity index (χ0n) is 14.5. The van der Waals surface area contributed by atoms with Crippen molar-refractivity contribution in [1.82, 2.24) is 0 Å². The van der Waals surface area contributed by atoms with Crippen LogP contribution in [0.1, 0.15) is 38.3 Å². The second kappa shape index (κ2) is 6.95. The number of nitrogens with zero attached hydrogens (tertiary/aromatic N) is 2. The molecule has 0 saturated carbocycles. The topological polar surface area (TPSA) is 89.8 Å². The molecule has 3 rings (SSSR count). The van der Waals surface area contributed by atoms with Crippen LogP contribution in [0.4, 0.5) is 11.4 Å². The molecule has 0 aromatic heterocycles. The quantitative estimate of drug-likeness (QED) is 0.479. The van der Waals surface area contributed by atoms with Crippen LogP contribution < -0.4 is 4.90 Å². The molecule has 0 spiro atoms. The van der Waals surface area contributed by atoms with Gasteiger partial charge in [0.15, 0.2) is 0 Å². The van der Waals surface area contributed by atoms with E-state index in [0.717, 1.165) is 35.7 Å². The van der Waals surface area contributed by atoms with E-state index >= 15 is 0 Å². The molecule has 0 radical (unpaired) electrons. The molecule has 7 heteroatoms. The van der Waals surface area contributed by atoms with E-state index in [1.54, 1.807) is 4.90 Å². The van der Waals surface area contributed by atoms with Gasteiger partial charge in [-0.3, -0.25) is 14.9 Å². The highest BCUT2D eigenvalue weighted by molar-refractivity contribution is 6.08. The number of carbonyl (C=O) groups is 2. The van der Waals surface area contributed by atoms with E-state index in [1.807, 2.05) is 25.1 Å². The molecule has 0 N–H and O–H groups in total. The zero-order chi connectivity index (χ0) is 18.8. The summed E-state index contributed by atoms with van der Waals surface area (Å²) < 4.78 is 4.63. The lowest BCUT2D eigenvalue weighted by Gasteiger charge is -2.30. The maximum Gasteiger partial charge on any atom is 0.338 e. The van der Waals surface area contributed by atoms with Crippen LogP contribution in [-0.2, 0) is 11.2 Å². The molecule has 1 heterocycles. The first kappa shape index (κ1) is 17.6. The Morgan fingerprint density at radius 2 is 1.88 bits per heavy atom. The van der Waals surface area contributed by atoms with Gasteiger partial charge < -0.3 is 9.64 Å². The molecule has 2 aromatic carbocycles. The number of methoxy groups -OCH3 is 1. The fraction of sp³-hybridized carbons (Fsp3) is 0.263. The van der Waals surface area contributed by atoms with Crippen LogP contribution in [-0.4, -0.2) is 30.5 Å². The average molecular weight is 354 g/mol. The van der Waals surface area contributed by atoms with E-state index in [2.05, 4.69) is 4.74 Å². The van der Waals surface area contributed by atoms with Crippen LogP contribution in [0.2, 0.25) is 0 Å². The lowest BCUT2D eigenvalue weighted by Crippen LogP contribution is -2.35. The molecule has 0 aliphatic carbocycles. The molecule has 1 aliphatic rings. The number of fused-ring (bicyclic) bond motifs is 1. The van der Waals surface area contributed by atoms with Gasteiger partial charge in [-0.25, -0.2) is 4.79 Å². The number of carbonyl (C=O) groups excluding carboxylic acids is 2. The van der Waals surface area contributed by atoms with Gasteiger partial charge in [0.05, 0.1) is 17.6 Å². The van der Waals surface area contributed by atoms with Crippen LogP contribution >= 0.6 is 0 Å². The standard InChI is InChI=1S/C19H18N2O5/c1-12-5-6-17-13(8-12)4-3-7-20(17)18(22)14-9-15(19(23)26-2)11-16(10-14)21(24)25/h5-6,8-11H,3-4,7H2,1-2H3. The average Bonchev–Trinajstić information content (AvgIpc) is 2.65. The number of nitro groups is 1. The minimum absolute atomic E-state index is 0.0220. The normalized spacial score (nSPS) is 13.1. The molecule has 0 bridgehead atoms. The largest absolute Gasteiger partial charge is 0.465 e. The molecule has 1 aliphatic heterocycles. The summed E-state index contributed by atoms with van der Waals surface area (Å²) >= 11 is 0. The lowest BCUT2D eigenvalue weighted by molar-refractivity contribution is -0.384. The lowest BCUT2D eigenvalue weighted by atomic mass is 9.98. The maximum absolute atomic E-state index is 13.0. The summed E-state index contributed by atoms with van der Waals surface area (Å²) in [6.45, 7) is 2.51. The van der Waals surface area contributed by atoms with Crippen LogP contribution in [0.25, 0.3) is 0 Å². The Morgan fingerprint density at radius 3 is 2.58 bits per heavy atom. The number of rotatable bonds is 3. The molecule has 134 valence electrons. The van der Waals surface area contributed by atoms with Gasteiger partial charge in [0.25, 0.3) is 11.6 Å². The minimum Gasteiger partial charge on any atom is -0.465 e. The molecular weight excluding hydrogens is 336 g/mol. The van der Waals surface area contributed by atoms with E-state index < -0.39 is 10.9 Å². The van der Waals surface area contributed by atoms with Crippen LogP contribution in [0, 0.1) is 17.0 Å². The fourth-order valence-electron chi connectivity index (χ4n) is 3.17. The summed E-state index contributed by atoms with van der Waals surface area (Å²) in [5, 5.41) is 11.2. The Bertz CT molecular complexity index is 907. The van der Waals surface area contributed by atoms with Crippen LogP contribution in [0.15, 0.2) is 36.4 Å². The Morgan fingerprint density at radius 1 is 1.15 bits per heavy atom. The summed E-state index contributed by atoms with van der Waals surface area (Å²) in [6, 6.07) is 9.50. The van der Waals surface area contributed by atoms with E-state index in [1.165, 1.54) is 19.2 Å². The fourth-order valence-corrected chi connectivity index (χ4v) is 3.17. The van der Waals surface area contributed by atoms with Gasteiger partial charge in [0.1, 0.15) is 0 Å². The van der Waals surface area contributed by atoms with Crippen molar-refractivity contribution in [2.24, 2.45) is 0 Å². The smallest absolute Gasteiger partial charge is 0.338 e. The van der Waals surface area contributed by atoms with E-state index in [9.17, 15) is 19.7 Å². The van der Waals surface area contributed by atoms with Crippen molar-refractivity contribution in [3.63, 3.8) is 0 Å². The van der Waals surface area contributed by atoms with Crippen molar-refractivity contribution in [2.45, 2.75) is 19.8 Å². The first-order valence-electron chi connectivity index (χ1n) is 8.20. The number of hydrogen-bond donors (Lipinski definition) is 0. The zero-order valence-corrected chi connectivity index (χ0v) is 14.5. The number of aryl methyl sites for hydroxylation is 2. The number of non-ortho nitro benzene ring substituents is 1. The molecule has 7 nitrogen and oxygen atoms in total. The van der Waals surface area contributed by atoms with Crippen molar-refractivity contribution in [3.8, 4) is 0 Å². The highest BCUT2D eigenvalue weighted by Gasteiger charge is 2.26. The highest BCUT2D eigenvalue weighted by atomic mass is 16.6. The van der Waals surface area contributed by atoms with Crippen molar-refractivity contribution in [1.29, 1.82) is 0 Å². The molecule has 0 fully saturated rings. The molecular formula is C19H18N2O5. The van der Waals surface area contributed by atoms with Crippen molar-refractivity contribution >= 4 is 23.3 Å². The second-order valence-electron chi connectivity index (χ2n) is 6.21. The monoisotopic (exact) mass is 354 g/mol. The van der Waals surface area contributed by atoms with Crippen LogP contribution in [0.5, 0.6) is 0 Å². The third kappa shape index (κ3) is 3.28. The molecule has 0 atom stereocenters. The van der Waals surface area contributed by atoms with E-state index in [4.69, 9.17) is 0 Å². The predicted octanol–water partition coefficient (Wildman–Crippen LogP) is 3.28. The maximum atomic E-state index is 13.0. The first-order chi connectivity index (χ1) is 12.4. The first-order valence-corrected chi connectivity index (χ1v) is 8.20. The van der Waals surface area contributed by atoms with Gasteiger partial charge in [0.2, 0.25) is 0 Å². The Balaban J connectivity index is 2.04. The number of anilines is 1. The number of amides is 1. The summed E-state index contributed by atoms with van der Waals surface area (Å²) in [4.78, 5) is 37.0. The Labute approximate surface area is 150 Å². The van der Waals surface area contributed by atoms with Gasteiger partial charge in [-0.2, -0.15) is 0 Å².